The topological polar surface area (TPSA) is 64.9 Å². The molecule has 1 saturated carbocycles. The molecule has 6 heteroatoms. The molecule has 2 aromatic heterocycles. The number of rotatable bonds is 3. The number of ether oxygens (including phenoxy) is 1. The van der Waals surface area contributed by atoms with E-state index in [-0.39, 0.29) is 5.41 Å². The second-order valence-corrected chi connectivity index (χ2v) is 6.87. The van der Waals surface area contributed by atoms with Gasteiger partial charge in [0.05, 0.1) is 11.8 Å². The Labute approximate surface area is 129 Å². The van der Waals surface area contributed by atoms with Gasteiger partial charge in [0.2, 0.25) is 0 Å². The fraction of sp³-hybridized carbons (Fsp3) is 0.562. The fourth-order valence-electron chi connectivity index (χ4n) is 3.84. The summed E-state index contributed by atoms with van der Waals surface area (Å²) in [6, 6.07) is 6.26. The second kappa shape index (κ2) is 4.78. The molecule has 4 rings (SSSR count). The van der Waals surface area contributed by atoms with E-state index in [2.05, 4.69) is 34.5 Å². The van der Waals surface area contributed by atoms with Gasteiger partial charge in [-0.15, -0.1) is 10.2 Å². The summed E-state index contributed by atoms with van der Waals surface area (Å²) < 4.78 is 7.56. The lowest BCUT2D eigenvalue weighted by Gasteiger charge is -2.54. The maximum Gasteiger partial charge on any atom is 0.175 e. The molecule has 0 amide bonds. The van der Waals surface area contributed by atoms with Crippen molar-refractivity contribution in [3.8, 4) is 5.82 Å². The Morgan fingerprint density at radius 3 is 2.82 bits per heavy atom. The zero-order chi connectivity index (χ0) is 15.3. The first-order valence-corrected chi connectivity index (χ1v) is 7.80. The number of nitrogens with one attached hydrogen (secondary N) is 1. The molecule has 3 atom stereocenters. The molecule has 116 valence electrons. The average molecular weight is 299 g/mol. The van der Waals surface area contributed by atoms with E-state index < -0.39 is 0 Å². The van der Waals surface area contributed by atoms with Crippen molar-refractivity contribution in [2.75, 3.05) is 11.9 Å². The number of hydrogen-bond acceptors (Lipinski definition) is 5. The molecule has 0 radical (unpaired) electrons. The first-order valence-electron chi connectivity index (χ1n) is 7.80. The molecule has 0 spiro atoms. The van der Waals surface area contributed by atoms with Gasteiger partial charge in [-0.2, -0.15) is 5.10 Å². The van der Waals surface area contributed by atoms with E-state index in [4.69, 9.17) is 4.74 Å². The Balaban J connectivity index is 1.50. The maximum atomic E-state index is 5.83. The van der Waals surface area contributed by atoms with Crippen molar-refractivity contribution < 1.29 is 4.74 Å². The van der Waals surface area contributed by atoms with Crippen LogP contribution in [0.4, 0.5) is 5.82 Å². The Hall–Kier alpha value is -1.95. The van der Waals surface area contributed by atoms with Crippen LogP contribution < -0.4 is 5.32 Å². The Kier molecular flexibility index (Phi) is 2.97. The molecular weight excluding hydrogens is 278 g/mol. The summed E-state index contributed by atoms with van der Waals surface area (Å²) in [7, 11) is 0. The van der Waals surface area contributed by atoms with E-state index in [1.807, 2.05) is 31.3 Å². The fourth-order valence-corrected chi connectivity index (χ4v) is 3.84. The molecule has 22 heavy (non-hydrogen) atoms. The third-order valence-electron chi connectivity index (χ3n) is 5.01. The minimum absolute atomic E-state index is 0.139. The molecular formula is C16H21N5O. The average Bonchev–Trinajstić information content (AvgIpc) is 3.13. The van der Waals surface area contributed by atoms with Crippen molar-refractivity contribution >= 4 is 5.82 Å². The van der Waals surface area contributed by atoms with Crippen molar-refractivity contribution in [3.05, 3.63) is 30.1 Å². The number of fused-ring (bicyclic) bond motifs is 1. The molecule has 1 aliphatic heterocycles. The Bertz CT molecular complexity index is 678. The summed E-state index contributed by atoms with van der Waals surface area (Å²) in [6.07, 6.45) is 3.40. The quantitative estimate of drug-likeness (QED) is 0.941. The highest BCUT2D eigenvalue weighted by molar-refractivity contribution is 5.40. The van der Waals surface area contributed by atoms with E-state index in [0.29, 0.717) is 18.1 Å². The summed E-state index contributed by atoms with van der Waals surface area (Å²) in [5.74, 6) is 2.13. The van der Waals surface area contributed by atoms with Crippen LogP contribution in [-0.2, 0) is 4.74 Å². The van der Waals surface area contributed by atoms with E-state index >= 15 is 0 Å². The number of nitrogens with zero attached hydrogens (tertiary/aromatic N) is 4. The van der Waals surface area contributed by atoms with Crippen LogP contribution in [0.1, 0.15) is 26.0 Å². The van der Waals surface area contributed by atoms with Crippen LogP contribution in [0.15, 0.2) is 24.4 Å². The van der Waals surface area contributed by atoms with Gasteiger partial charge < -0.3 is 10.1 Å². The number of hydrogen-bond donors (Lipinski definition) is 1. The highest BCUT2D eigenvalue weighted by Crippen LogP contribution is 2.53. The monoisotopic (exact) mass is 299 g/mol. The zero-order valence-corrected chi connectivity index (χ0v) is 13.2. The molecule has 1 aliphatic carbocycles. The van der Waals surface area contributed by atoms with E-state index in [1.165, 1.54) is 0 Å². The van der Waals surface area contributed by atoms with Crippen molar-refractivity contribution in [2.45, 2.75) is 39.3 Å². The van der Waals surface area contributed by atoms with Crippen LogP contribution in [0.25, 0.3) is 5.82 Å². The van der Waals surface area contributed by atoms with E-state index in [1.54, 1.807) is 4.68 Å². The van der Waals surface area contributed by atoms with Crippen molar-refractivity contribution in [1.82, 2.24) is 20.0 Å². The maximum absolute atomic E-state index is 5.83. The molecule has 2 aliphatic rings. The smallest absolute Gasteiger partial charge is 0.175 e. The van der Waals surface area contributed by atoms with Crippen molar-refractivity contribution in [1.29, 1.82) is 0 Å². The predicted molar refractivity (Wildman–Crippen MR) is 82.9 cm³/mol. The highest BCUT2D eigenvalue weighted by Gasteiger charge is 2.59. The molecule has 6 nitrogen and oxygen atoms in total. The lowest BCUT2D eigenvalue weighted by Crippen LogP contribution is -2.63. The lowest BCUT2D eigenvalue weighted by molar-refractivity contribution is -0.0924. The summed E-state index contributed by atoms with van der Waals surface area (Å²) in [5, 5.41) is 16.5. The predicted octanol–water partition coefficient (Wildman–Crippen LogP) is 2.20. The summed E-state index contributed by atoms with van der Waals surface area (Å²) in [5.41, 5.74) is 1.10. The van der Waals surface area contributed by atoms with Gasteiger partial charge in [-0.25, -0.2) is 4.68 Å². The van der Waals surface area contributed by atoms with Crippen LogP contribution in [0.2, 0.25) is 0 Å². The van der Waals surface area contributed by atoms with Crippen LogP contribution in [0.5, 0.6) is 0 Å². The van der Waals surface area contributed by atoms with Crippen LogP contribution >= 0.6 is 0 Å². The van der Waals surface area contributed by atoms with Gasteiger partial charge in [0.15, 0.2) is 5.82 Å². The molecule has 2 fully saturated rings. The van der Waals surface area contributed by atoms with Gasteiger partial charge in [-0.1, -0.05) is 13.8 Å². The molecule has 0 aromatic carbocycles. The van der Waals surface area contributed by atoms with Crippen molar-refractivity contribution in [2.24, 2.45) is 11.3 Å². The van der Waals surface area contributed by atoms with Gasteiger partial charge in [0.1, 0.15) is 5.82 Å². The second-order valence-electron chi connectivity index (χ2n) is 6.87. The Morgan fingerprint density at radius 1 is 1.27 bits per heavy atom. The molecule has 0 unspecified atom stereocenters. The van der Waals surface area contributed by atoms with Gasteiger partial charge in [0, 0.05) is 30.2 Å². The zero-order valence-electron chi connectivity index (χ0n) is 13.2. The van der Waals surface area contributed by atoms with Crippen LogP contribution in [0, 0.1) is 18.3 Å². The van der Waals surface area contributed by atoms with Gasteiger partial charge in [-0.05, 0) is 31.5 Å². The van der Waals surface area contributed by atoms with Gasteiger partial charge in [0.25, 0.3) is 0 Å². The van der Waals surface area contributed by atoms with Crippen LogP contribution in [-0.4, -0.2) is 38.7 Å². The Morgan fingerprint density at radius 2 is 2.14 bits per heavy atom. The molecule has 1 N–H and O–H groups in total. The van der Waals surface area contributed by atoms with Gasteiger partial charge >= 0.3 is 0 Å². The standard InChI is InChI=1S/C16H21N5O/c1-10-6-8-21(20-10)13-5-4-12(18-19-13)17-14-11-7-9-22-15(11)16(14,2)3/h4-6,8,11,14-15H,7,9H2,1-3H3,(H,17,18)/t11-,14-,15+/m1/s1. The van der Waals surface area contributed by atoms with Gasteiger partial charge in [-0.3, -0.25) is 0 Å². The van der Waals surface area contributed by atoms with Crippen molar-refractivity contribution in [3.63, 3.8) is 0 Å². The lowest BCUT2D eigenvalue weighted by atomic mass is 9.57. The molecule has 0 bridgehead atoms. The van der Waals surface area contributed by atoms with E-state index in [0.717, 1.165) is 30.4 Å². The highest BCUT2D eigenvalue weighted by atomic mass is 16.5. The first kappa shape index (κ1) is 13.7. The normalized spacial score (nSPS) is 29.0. The van der Waals surface area contributed by atoms with E-state index in [9.17, 15) is 0 Å². The minimum Gasteiger partial charge on any atom is -0.377 e. The summed E-state index contributed by atoms with van der Waals surface area (Å²) in [6.45, 7) is 7.34. The first-order chi connectivity index (χ1) is 10.6. The summed E-state index contributed by atoms with van der Waals surface area (Å²) >= 11 is 0. The number of aryl methyl sites for hydroxylation is 1. The van der Waals surface area contributed by atoms with Crippen LogP contribution in [0.3, 0.4) is 0 Å². The molecule has 3 heterocycles. The number of aromatic nitrogens is 4. The third kappa shape index (κ3) is 2.01. The summed E-state index contributed by atoms with van der Waals surface area (Å²) in [4.78, 5) is 0. The molecule has 2 aromatic rings. The largest absolute Gasteiger partial charge is 0.377 e. The minimum atomic E-state index is 0.139. The third-order valence-corrected chi connectivity index (χ3v) is 5.01. The number of anilines is 1. The SMILES string of the molecule is Cc1ccn(-c2ccc(N[C@@H]3[C@H]4CCO[C@@H]4C3(C)C)nn2)n1. The molecule has 1 saturated heterocycles.